The van der Waals surface area contributed by atoms with E-state index in [9.17, 15) is 8.42 Å². The molecule has 0 radical (unpaired) electrons. The Labute approximate surface area is 124 Å². The zero-order valence-electron chi connectivity index (χ0n) is 12.5. The van der Waals surface area contributed by atoms with Gasteiger partial charge in [-0.2, -0.15) is 5.10 Å². The highest BCUT2D eigenvalue weighted by atomic mass is 32.2. The molecule has 0 bridgehead atoms. The quantitative estimate of drug-likeness (QED) is 0.896. The first-order valence-corrected chi connectivity index (χ1v) is 8.30. The van der Waals surface area contributed by atoms with Gasteiger partial charge in [0.15, 0.2) is 15.6 Å². The van der Waals surface area contributed by atoms with Gasteiger partial charge in [0, 0.05) is 13.3 Å². The first kappa shape index (κ1) is 15.5. The number of aromatic nitrogens is 2. The van der Waals surface area contributed by atoms with Crippen LogP contribution in [0.2, 0.25) is 0 Å². The van der Waals surface area contributed by atoms with Gasteiger partial charge in [-0.05, 0) is 24.7 Å². The summed E-state index contributed by atoms with van der Waals surface area (Å²) in [5.74, 6) is 0.654. The molecule has 2 rings (SSSR count). The van der Waals surface area contributed by atoms with Crippen LogP contribution < -0.4 is 10.1 Å². The molecule has 0 spiro atoms. The Bertz CT molecular complexity index is 738. The Morgan fingerprint density at radius 2 is 2.10 bits per heavy atom. The fraction of sp³-hybridized carbons (Fsp3) is 0.357. The lowest BCUT2D eigenvalue weighted by molar-refractivity contribution is 0.402. The third-order valence-electron chi connectivity index (χ3n) is 3.35. The zero-order chi connectivity index (χ0) is 15.6. The number of hydrogen-bond acceptors (Lipinski definition) is 5. The van der Waals surface area contributed by atoms with Gasteiger partial charge in [0.2, 0.25) is 0 Å². The molecule has 0 fully saturated rings. The first-order valence-electron chi connectivity index (χ1n) is 6.41. The van der Waals surface area contributed by atoms with Crippen LogP contribution in [0.15, 0.2) is 35.4 Å². The first-order chi connectivity index (χ1) is 9.88. The summed E-state index contributed by atoms with van der Waals surface area (Å²) in [6, 6.07) is 6.66. The highest BCUT2D eigenvalue weighted by molar-refractivity contribution is 7.90. The summed E-state index contributed by atoms with van der Waals surface area (Å²) in [6.07, 6.45) is 2.84. The predicted molar refractivity (Wildman–Crippen MR) is 80.2 cm³/mol. The number of aryl methyl sites for hydroxylation is 1. The molecule has 1 unspecified atom stereocenters. The smallest absolute Gasteiger partial charge is 0.175 e. The molecule has 114 valence electrons. The minimum absolute atomic E-state index is 0.214. The van der Waals surface area contributed by atoms with Crippen molar-refractivity contribution in [3.63, 3.8) is 0 Å². The molecule has 0 aliphatic rings. The van der Waals surface area contributed by atoms with E-state index in [1.807, 2.05) is 20.2 Å². The summed E-state index contributed by atoms with van der Waals surface area (Å²) < 4.78 is 30.5. The number of nitrogens with one attached hydrogen (secondary N) is 1. The van der Waals surface area contributed by atoms with Crippen LogP contribution in [-0.2, 0) is 16.9 Å². The average Bonchev–Trinajstić information content (AvgIpc) is 2.81. The van der Waals surface area contributed by atoms with E-state index in [1.54, 1.807) is 36.2 Å². The van der Waals surface area contributed by atoms with Crippen LogP contribution in [0.1, 0.15) is 17.3 Å². The van der Waals surface area contributed by atoms with Crippen molar-refractivity contribution in [3.05, 3.63) is 41.7 Å². The van der Waals surface area contributed by atoms with Crippen molar-refractivity contribution in [3.8, 4) is 5.75 Å². The van der Waals surface area contributed by atoms with Gasteiger partial charge >= 0.3 is 0 Å². The van der Waals surface area contributed by atoms with Crippen LogP contribution in [0.5, 0.6) is 5.75 Å². The number of sulfone groups is 1. The van der Waals surface area contributed by atoms with Gasteiger partial charge in [-0.15, -0.1) is 0 Å². The molecule has 0 amide bonds. The van der Waals surface area contributed by atoms with E-state index >= 15 is 0 Å². The van der Waals surface area contributed by atoms with Crippen LogP contribution in [0.3, 0.4) is 0 Å². The summed E-state index contributed by atoms with van der Waals surface area (Å²) in [7, 11) is 1.97. The second-order valence-electron chi connectivity index (χ2n) is 4.79. The molecular formula is C14H19N3O3S. The third kappa shape index (κ3) is 3.08. The molecule has 0 saturated heterocycles. The van der Waals surface area contributed by atoms with E-state index in [1.165, 1.54) is 6.26 Å². The van der Waals surface area contributed by atoms with Gasteiger partial charge in [0.25, 0.3) is 0 Å². The van der Waals surface area contributed by atoms with Crippen LogP contribution in [-0.4, -0.2) is 38.6 Å². The predicted octanol–water partition coefficient (Wildman–Crippen LogP) is 1.14. The maximum Gasteiger partial charge on any atom is 0.175 e. The Morgan fingerprint density at radius 3 is 2.67 bits per heavy atom. The van der Waals surface area contributed by atoms with E-state index in [0.29, 0.717) is 10.6 Å². The van der Waals surface area contributed by atoms with Gasteiger partial charge in [-0.1, -0.05) is 12.1 Å². The summed E-state index contributed by atoms with van der Waals surface area (Å²) in [4.78, 5) is 0.293. The van der Waals surface area contributed by atoms with Crippen LogP contribution in [0.25, 0.3) is 0 Å². The monoisotopic (exact) mass is 309 g/mol. The molecule has 6 nitrogen and oxygen atoms in total. The van der Waals surface area contributed by atoms with Crippen molar-refractivity contribution in [1.82, 2.24) is 15.1 Å². The van der Waals surface area contributed by atoms with Crippen molar-refractivity contribution in [2.24, 2.45) is 7.05 Å². The van der Waals surface area contributed by atoms with Gasteiger partial charge in [-0.25, -0.2) is 8.42 Å². The van der Waals surface area contributed by atoms with Crippen LogP contribution in [0, 0.1) is 0 Å². The average molecular weight is 309 g/mol. The van der Waals surface area contributed by atoms with Crippen molar-refractivity contribution < 1.29 is 13.2 Å². The van der Waals surface area contributed by atoms with Gasteiger partial charge in [-0.3, -0.25) is 4.68 Å². The Balaban J connectivity index is 2.54. The summed E-state index contributed by atoms with van der Waals surface area (Å²) in [5, 5.41) is 7.37. The van der Waals surface area contributed by atoms with E-state index in [4.69, 9.17) is 4.74 Å². The Morgan fingerprint density at radius 1 is 1.38 bits per heavy atom. The van der Waals surface area contributed by atoms with Crippen LogP contribution in [0.4, 0.5) is 0 Å². The molecule has 1 atom stereocenters. The second-order valence-corrected chi connectivity index (χ2v) is 6.80. The van der Waals surface area contributed by atoms with Gasteiger partial charge in [0.05, 0.1) is 24.2 Å². The summed E-state index contributed by atoms with van der Waals surface area (Å²) in [5.41, 5.74) is 1.67. The third-order valence-corrected chi connectivity index (χ3v) is 4.46. The van der Waals surface area contributed by atoms with Crippen molar-refractivity contribution in [2.75, 3.05) is 20.4 Å². The fourth-order valence-corrected chi connectivity index (χ4v) is 2.98. The molecule has 2 aromatic rings. The molecule has 1 heterocycles. The highest BCUT2D eigenvalue weighted by Gasteiger charge is 2.22. The molecule has 21 heavy (non-hydrogen) atoms. The normalized spacial score (nSPS) is 13.1. The lowest BCUT2D eigenvalue weighted by Gasteiger charge is -2.19. The van der Waals surface area contributed by atoms with E-state index in [0.717, 1.165) is 11.3 Å². The minimum Gasteiger partial charge on any atom is -0.493 e. The molecule has 0 saturated carbocycles. The van der Waals surface area contributed by atoms with Crippen molar-refractivity contribution in [1.29, 1.82) is 0 Å². The Kier molecular flexibility index (Phi) is 4.34. The highest BCUT2D eigenvalue weighted by Crippen LogP contribution is 2.30. The zero-order valence-corrected chi connectivity index (χ0v) is 13.3. The molecule has 1 aromatic heterocycles. The largest absolute Gasteiger partial charge is 0.493 e. The second kappa shape index (κ2) is 5.87. The number of ether oxygens (including phenoxy) is 1. The standard InChI is InChI=1S/C14H19N3O3S/c1-15-13(14-12(20-3)9-16-17(14)2)10-6-5-7-11(8-10)21(4,18)19/h5-9,13,15H,1-4H3. The fourth-order valence-electron chi connectivity index (χ4n) is 2.30. The SMILES string of the molecule is CNC(c1cccc(S(C)(=O)=O)c1)c1c(OC)cnn1C. The molecule has 1 N–H and O–H groups in total. The molecule has 1 aromatic carbocycles. The summed E-state index contributed by atoms with van der Waals surface area (Å²) >= 11 is 0. The molecule has 7 heteroatoms. The van der Waals surface area contributed by atoms with Gasteiger partial charge in [0.1, 0.15) is 5.69 Å². The minimum atomic E-state index is -3.24. The van der Waals surface area contributed by atoms with Crippen molar-refractivity contribution in [2.45, 2.75) is 10.9 Å². The Hall–Kier alpha value is -1.86. The maximum atomic E-state index is 11.7. The molecular weight excluding hydrogens is 290 g/mol. The van der Waals surface area contributed by atoms with Gasteiger partial charge < -0.3 is 10.1 Å². The number of methoxy groups -OCH3 is 1. The van der Waals surface area contributed by atoms with E-state index < -0.39 is 9.84 Å². The number of nitrogens with zero attached hydrogens (tertiary/aromatic N) is 2. The van der Waals surface area contributed by atoms with Crippen molar-refractivity contribution >= 4 is 9.84 Å². The maximum absolute atomic E-state index is 11.7. The lowest BCUT2D eigenvalue weighted by atomic mass is 10.0. The van der Waals surface area contributed by atoms with E-state index in [2.05, 4.69) is 10.4 Å². The molecule has 0 aliphatic carbocycles. The number of benzene rings is 1. The molecule has 0 aliphatic heterocycles. The number of rotatable bonds is 5. The lowest BCUT2D eigenvalue weighted by Crippen LogP contribution is -2.21. The summed E-state index contributed by atoms with van der Waals surface area (Å²) in [6.45, 7) is 0. The topological polar surface area (TPSA) is 73.2 Å². The van der Waals surface area contributed by atoms with Crippen LogP contribution >= 0.6 is 0 Å². The number of hydrogen-bond donors (Lipinski definition) is 1. The van der Waals surface area contributed by atoms with E-state index in [-0.39, 0.29) is 6.04 Å².